The molecule has 3 aromatic heterocycles. The number of fused-ring (bicyclic) bond motifs is 1. The molecule has 0 aliphatic heterocycles. The van der Waals surface area contributed by atoms with Crippen molar-refractivity contribution in [1.29, 1.82) is 0 Å². The summed E-state index contributed by atoms with van der Waals surface area (Å²) in [5.41, 5.74) is 1.81. The number of benzene rings is 1. The average Bonchev–Trinajstić information content (AvgIpc) is 3.04. The van der Waals surface area contributed by atoms with E-state index in [0.717, 1.165) is 5.56 Å². The van der Waals surface area contributed by atoms with E-state index in [0.29, 0.717) is 36.1 Å². The molecule has 4 aromatic rings. The van der Waals surface area contributed by atoms with Crippen LogP contribution in [0.3, 0.4) is 0 Å². The van der Waals surface area contributed by atoms with E-state index in [4.69, 9.17) is 0 Å². The van der Waals surface area contributed by atoms with Gasteiger partial charge in [-0.25, -0.2) is 9.07 Å². The van der Waals surface area contributed by atoms with Crippen LogP contribution in [0.15, 0.2) is 53.3 Å². The molecule has 3 heterocycles. The predicted molar refractivity (Wildman–Crippen MR) is 97.9 cm³/mol. The fourth-order valence-electron chi connectivity index (χ4n) is 2.66. The predicted octanol–water partition coefficient (Wildman–Crippen LogP) is 1.91. The van der Waals surface area contributed by atoms with Gasteiger partial charge in [-0.05, 0) is 49.4 Å². The average molecular weight is 365 g/mol. The van der Waals surface area contributed by atoms with Crippen molar-refractivity contribution in [2.24, 2.45) is 0 Å². The third kappa shape index (κ3) is 3.52. The summed E-state index contributed by atoms with van der Waals surface area (Å²) in [4.78, 5) is 12.1. The van der Waals surface area contributed by atoms with Crippen molar-refractivity contribution in [2.75, 3.05) is 11.9 Å². The van der Waals surface area contributed by atoms with E-state index in [1.165, 1.54) is 22.9 Å². The van der Waals surface area contributed by atoms with Gasteiger partial charge in [0.15, 0.2) is 11.5 Å². The van der Waals surface area contributed by atoms with Crippen molar-refractivity contribution in [3.8, 4) is 11.3 Å². The molecule has 0 unspecified atom stereocenters. The van der Waals surface area contributed by atoms with Gasteiger partial charge in [0, 0.05) is 18.2 Å². The fourth-order valence-corrected chi connectivity index (χ4v) is 2.66. The van der Waals surface area contributed by atoms with Crippen LogP contribution >= 0.6 is 0 Å². The second kappa shape index (κ2) is 6.94. The molecule has 1 N–H and O–H groups in total. The molecule has 0 fully saturated rings. The largest absolute Gasteiger partial charge is 0.367 e. The lowest BCUT2D eigenvalue weighted by molar-refractivity contribution is 0.599. The van der Waals surface area contributed by atoms with E-state index in [1.54, 1.807) is 28.8 Å². The zero-order valence-electron chi connectivity index (χ0n) is 14.5. The van der Waals surface area contributed by atoms with E-state index in [-0.39, 0.29) is 11.4 Å². The number of aryl methyl sites for hydroxylation is 1. The first-order valence-corrected chi connectivity index (χ1v) is 8.37. The van der Waals surface area contributed by atoms with Crippen LogP contribution in [0.4, 0.5) is 10.2 Å². The summed E-state index contributed by atoms with van der Waals surface area (Å²) >= 11 is 0. The van der Waals surface area contributed by atoms with Crippen LogP contribution in [0.5, 0.6) is 0 Å². The van der Waals surface area contributed by atoms with Crippen LogP contribution < -0.4 is 10.9 Å². The Balaban J connectivity index is 1.48. The maximum atomic E-state index is 13.1. The highest BCUT2D eigenvalue weighted by atomic mass is 19.1. The summed E-state index contributed by atoms with van der Waals surface area (Å²) in [7, 11) is 0. The second-order valence-electron chi connectivity index (χ2n) is 5.95. The van der Waals surface area contributed by atoms with E-state index in [9.17, 15) is 9.18 Å². The van der Waals surface area contributed by atoms with Crippen molar-refractivity contribution < 1.29 is 4.39 Å². The van der Waals surface area contributed by atoms with Gasteiger partial charge in [-0.15, -0.1) is 15.3 Å². The number of anilines is 1. The van der Waals surface area contributed by atoms with Crippen LogP contribution in [0.25, 0.3) is 16.9 Å². The molecule has 0 spiro atoms. The highest BCUT2D eigenvalue weighted by Gasteiger charge is 2.06. The molecule has 0 atom stereocenters. The third-order valence-corrected chi connectivity index (χ3v) is 4.06. The number of halogens is 1. The molecule has 0 aliphatic carbocycles. The van der Waals surface area contributed by atoms with Gasteiger partial charge in [0.1, 0.15) is 11.6 Å². The number of nitrogens with zero attached hydrogens (tertiary/aromatic N) is 6. The molecule has 9 heteroatoms. The smallest absolute Gasteiger partial charge is 0.266 e. The third-order valence-electron chi connectivity index (χ3n) is 4.06. The van der Waals surface area contributed by atoms with E-state index >= 15 is 0 Å². The maximum absolute atomic E-state index is 13.1. The summed E-state index contributed by atoms with van der Waals surface area (Å²) < 4.78 is 16.1. The summed E-state index contributed by atoms with van der Waals surface area (Å²) in [5.74, 6) is 1.02. The lowest BCUT2D eigenvalue weighted by Crippen LogP contribution is -2.26. The number of hydrogen-bond donors (Lipinski definition) is 1. The molecule has 0 aliphatic rings. The number of rotatable bonds is 5. The fraction of sp³-hybridized carbons (Fsp3) is 0.167. The topological polar surface area (TPSA) is 90.0 Å². The highest BCUT2D eigenvalue weighted by molar-refractivity contribution is 5.57. The summed E-state index contributed by atoms with van der Waals surface area (Å²) in [6.45, 7) is 2.63. The van der Waals surface area contributed by atoms with Crippen molar-refractivity contribution in [3.63, 3.8) is 0 Å². The Morgan fingerprint density at radius 1 is 1.00 bits per heavy atom. The SMILES string of the molecule is Cc1nnc2ccc(NCCn3nc(-c4ccc(F)cc4)ccc3=O)nn12. The monoisotopic (exact) mass is 365 g/mol. The standard InChI is InChI=1S/C18H16FN7O/c1-12-21-22-17-8-7-16(24-26(12)17)20-10-11-25-18(27)9-6-15(23-25)13-2-4-14(19)5-3-13/h2-9H,10-11H2,1H3,(H,20,24). The molecule has 4 rings (SSSR count). The van der Waals surface area contributed by atoms with Crippen LogP contribution in [-0.4, -0.2) is 36.1 Å². The minimum Gasteiger partial charge on any atom is -0.367 e. The van der Waals surface area contributed by atoms with Gasteiger partial charge in [-0.1, -0.05) is 0 Å². The zero-order valence-corrected chi connectivity index (χ0v) is 14.5. The molecule has 0 saturated heterocycles. The Morgan fingerprint density at radius 2 is 1.81 bits per heavy atom. The van der Waals surface area contributed by atoms with Gasteiger partial charge >= 0.3 is 0 Å². The van der Waals surface area contributed by atoms with Crippen molar-refractivity contribution in [3.05, 3.63) is 70.5 Å². The lowest BCUT2D eigenvalue weighted by atomic mass is 10.1. The molecule has 1 aromatic carbocycles. The lowest BCUT2D eigenvalue weighted by Gasteiger charge is -2.09. The van der Waals surface area contributed by atoms with Gasteiger partial charge in [0.2, 0.25) is 0 Å². The Bertz CT molecular complexity index is 1150. The van der Waals surface area contributed by atoms with Crippen LogP contribution in [0.2, 0.25) is 0 Å². The molecule has 0 bridgehead atoms. The van der Waals surface area contributed by atoms with Gasteiger partial charge in [0.25, 0.3) is 5.56 Å². The molecule has 27 heavy (non-hydrogen) atoms. The molecular formula is C18H16FN7O. The summed E-state index contributed by atoms with van der Waals surface area (Å²) in [6, 6.07) is 12.7. The van der Waals surface area contributed by atoms with Crippen LogP contribution in [0.1, 0.15) is 5.82 Å². The molecule has 136 valence electrons. The highest BCUT2D eigenvalue weighted by Crippen LogP contribution is 2.15. The number of nitrogens with one attached hydrogen (secondary N) is 1. The molecular weight excluding hydrogens is 349 g/mol. The molecule has 0 radical (unpaired) electrons. The molecule has 0 saturated carbocycles. The molecule has 0 amide bonds. The Morgan fingerprint density at radius 3 is 2.63 bits per heavy atom. The number of hydrogen-bond acceptors (Lipinski definition) is 6. The van der Waals surface area contributed by atoms with Crippen molar-refractivity contribution >= 4 is 11.5 Å². The minimum absolute atomic E-state index is 0.208. The summed E-state index contributed by atoms with van der Waals surface area (Å²) in [6.07, 6.45) is 0. The summed E-state index contributed by atoms with van der Waals surface area (Å²) in [5, 5.41) is 19.9. The van der Waals surface area contributed by atoms with E-state index < -0.39 is 0 Å². The van der Waals surface area contributed by atoms with Gasteiger partial charge < -0.3 is 5.32 Å². The quantitative estimate of drug-likeness (QED) is 0.581. The van der Waals surface area contributed by atoms with Crippen molar-refractivity contribution in [1.82, 2.24) is 29.6 Å². The maximum Gasteiger partial charge on any atom is 0.266 e. The first kappa shape index (κ1) is 16.8. The Hall–Kier alpha value is -3.62. The van der Waals surface area contributed by atoms with Gasteiger partial charge in [0.05, 0.1) is 12.2 Å². The molecule has 8 nitrogen and oxygen atoms in total. The zero-order chi connectivity index (χ0) is 18.8. The minimum atomic E-state index is -0.316. The van der Waals surface area contributed by atoms with Crippen LogP contribution in [-0.2, 0) is 6.54 Å². The normalized spacial score (nSPS) is 11.0. The number of aromatic nitrogens is 6. The Labute approximate surface area is 153 Å². The second-order valence-corrected chi connectivity index (χ2v) is 5.95. The van der Waals surface area contributed by atoms with Gasteiger partial charge in [-0.3, -0.25) is 4.79 Å². The Kier molecular flexibility index (Phi) is 4.33. The van der Waals surface area contributed by atoms with Crippen LogP contribution in [0, 0.1) is 12.7 Å². The van der Waals surface area contributed by atoms with Gasteiger partial charge in [-0.2, -0.15) is 9.61 Å². The first-order valence-electron chi connectivity index (χ1n) is 8.37. The van der Waals surface area contributed by atoms with E-state index in [2.05, 4.69) is 25.7 Å². The van der Waals surface area contributed by atoms with Crippen molar-refractivity contribution in [2.45, 2.75) is 13.5 Å². The first-order chi connectivity index (χ1) is 13.1. The van der Waals surface area contributed by atoms with E-state index in [1.807, 2.05) is 13.0 Å².